The van der Waals surface area contributed by atoms with Gasteiger partial charge in [0.1, 0.15) is 11.4 Å². The molecule has 27 heavy (non-hydrogen) atoms. The molecule has 140 valence electrons. The van der Waals surface area contributed by atoms with Gasteiger partial charge in [-0.15, -0.1) is 0 Å². The summed E-state index contributed by atoms with van der Waals surface area (Å²) in [5, 5.41) is 8.22. The smallest absolute Gasteiger partial charge is 0.433 e. The largest absolute Gasteiger partial charge is 0.482 e. The number of aromatic amines is 1. The van der Waals surface area contributed by atoms with Crippen LogP contribution in [-0.4, -0.2) is 22.7 Å². The number of nitrogens with one attached hydrogen (secondary N) is 2. The summed E-state index contributed by atoms with van der Waals surface area (Å²) in [6.07, 6.45) is -4.66. The van der Waals surface area contributed by atoms with E-state index in [4.69, 9.17) is 16.3 Å². The molecule has 2 aromatic carbocycles. The van der Waals surface area contributed by atoms with Crippen molar-refractivity contribution in [3.8, 4) is 16.9 Å². The highest BCUT2D eigenvalue weighted by Crippen LogP contribution is 2.39. The van der Waals surface area contributed by atoms with E-state index in [1.807, 2.05) is 5.10 Å². The highest BCUT2D eigenvalue weighted by molar-refractivity contribution is 6.32. The van der Waals surface area contributed by atoms with E-state index in [0.29, 0.717) is 5.02 Å². The first kappa shape index (κ1) is 18.8. The Labute approximate surface area is 157 Å². The number of carbonyl (C=O) groups excluding carboxylic acids is 1. The fourth-order valence-corrected chi connectivity index (χ4v) is 2.59. The van der Waals surface area contributed by atoms with Gasteiger partial charge in [0, 0.05) is 0 Å². The van der Waals surface area contributed by atoms with Crippen LogP contribution < -0.4 is 10.1 Å². The van der Waals surface area contributed by atoms with Gasteiger partial charge in [0.25, 0.3) is 5.91 Å². The van der Waals surface area contributed by atoms with E-state index in [-0.39, 0.29) is 22.7 Å². The van der Waals surface area contributed by atoms with Crippen molar-refractivity contribution in [2.75, 3.05) is 11.9 Å². The van der Waals surface area contributed by atoms with Crippen molar-refractivity contribution >= 4 is 23.3 Å². The molecule has 0 spiro atoms. The number of alkyl halides is 3. The summed E-state index contributed by atoms with van der Waals surface area (Å²) < 4.78 is 45.1. The highest BCUT2D eigenvalue weighted by Gasteiger charge is 2.38. The van der Waals surface area contributed by atoms with Gasteiger partial charge in [-0.3, -0.25) is 9.89 Å². The molecule has 0 aliphatic rings. The van der Waals surface area contributed by atoms with Gasteiger partial charge in [0.2, 0.25) is 0 Å². The van der Waals surface area contributed by atoms with Crippen LogP contribution in [0.1, 0.15) is 5.69 Å². The third kappa shape index (κ3) is 4.40. The number of halogens is 4. The maximum Gasteiger partial charge on any atom is 0.433 e. The summed E-state index contributed by atoms with van der Waals surface area (Å²) in [6.45, 7) is -0.438. The highest BCUT2D eigenvalue weighted by atomic mass is 35.5. The molecule has 0 bridgehead atoms. The zero-order valence-electron chi connectivity index (χ0n) is 13.7. The first-order chi connectivity index (χ1) is 12.9. The van der Waals surface area contributed by atoms with Gasteiger partial charge in [-0.25, -0.2) is 0 Å². The number of rotatable bonds is 5. The second kappa shape index (κ2) is 7.71. The topological polar surface area (TPSA) is 67.0 Å². The van der Waals surface area contributed by atoms with E-state index in [1.165, 1.54) is 12.1 Å². The second-order valence-electron chi connectivity index (χ2n) is 5.45. The van der Waals surface area contributed by atoms with Crippen LogP contribution in [0.3, 0.4) is 0 Å². The Morgan fingerprint density at radius 1 is 1.11 bits per heavy atom. The van der Waals surface area contributed by atoms with E-state index in [9.17, 15) is 18.0 Å². The predicted octanol–water partition coefficient (Wildman–Crippen LogP) is 4.77. The van der Waals surface area contributed by atoms with Gasteiger partial charge >= 0.3 is 6.18 Å². The summed E-state index contributed by atoms with van der Waals surface area (Å²) in [6, 6.07) is 14.4. The summed E-state index contributed by atoms with van der Waals surface area (Å²) in [5.74, 6) is -0.621. The number of benzene rings is 2. The third-order valence-corrected chi connectivity index (χ3v) is 3.88. The number of hydrogen-bond acceptors (Lipinski definition) is 3. The van der Waals surface area contributed by atoms with Crippen molar-refractivity contribution < 1.29 is 22.7 Å². The Morgan fingerprint density at radius 2 is 1.78 bits per heavy atom. The number of aromatic nitrogens is 2. The van der Waals surface area contributed by atoms with Gasteiger partial charge < -0.3 is 10.1 Å². The molecule has 0 atom stereocenters. The van der Waals surface area contributed by atoms with Crippen molar-refractivity contribution in [2.45, 2.75) is 6.18 Å². The zero-order valence-corrected chi connectivity index (χ0v) is 14.4. The third-order valence-electron chi connectivity index (χ3n) is 3.57. The molecule has 9 heteroatoms. The number of ether oxygens (including phenoxy) is 1. The Hall–Kier alpha value is -3.00. The van der Waals surface area contributed by atoms with Crippen molar-refractivity contribution in [1.29, 1.82) is 0 Å². The predicted molar refractivity (Wildman–Crippen MR) is 94.6 cm³/mol. The van der Waals surface area contributed by atoms with Crippen molar-refractivity contribution in [2.24, 2.45) is 0 Å². The van der Waals surface area contributed by atoms with Crippen molar-refractivity contribution in [1.82, 2.24) is 10.2 Å². The van der Waals surface area contributed by atoms with Crippen LogP contribution in [0.4, 0.5) is 19.0 Å². The lowest BCUT2D eigenvalue weighted by Crippen LogP contribution is -2.21. The van der Waals surface area contributed by atoms with E-state index in [0.717, 1.165) is 0 Å². The van der Waals surface area contributed by atoms with E-state index >= 15 is 0 Å². The van der Waals surface area contributed by atoms with E-state index < -0.39 is 24.4 Å². The van der Waals surface area contributed by atoms with Crippen LogP contribution in [0.25, 0.3) is 11.1 Å². The fourth-order valence-electron chi connectivity index (χ4n) is 2.40. The quantitative estimate of drug-likeness (QED) is 0.654. The fraction of sp³-hybridized carbons (Fsp3) is 0.111. The zero-order chi connectivity index (χ0) is 19.4. The summed E-state index contributed by atoms with van der Waals surface area (Å²) in [5.41, 5.74) is -1.02. The van der Waals surface area contributed by atoms with Crippen molar-refractivity contribution in [3.05, 3.63) is 65.3 Å². The molecule has 3 rings (SSSR count). The van der Waals surface area contributed by atoms with Gasteiger partial charge in [-0.05, 0) is 17.7 Å². The van der Waals surface area contributed by atoms with Gasteiger partial charge in [0.05, 0.1) is 10.6 Å². The van der Waals surface area contributed by atoms with Crippen LogP contribution in [0.5, 0.6) is 5.75 Å². The molecule has 1 aromatic heterocycles. The number of nitrogens with zero attached hydrogens (tertiary/aromatic N) is 1. The molecule has 0 saturated carbocycles. The minimum Gasteiger partial charge on any atom is -0.482 e. The van der Waals surface area contributed by atoms with Crippen LogP contribution in [-0.2, 0) is 11.0 Å². The molecule has 1 amide bonds. The molecule has 0 unspecified atom stereocenters. The van der Waals surface area contributed by atoms with Crippen LogP contribution in [0.15, 0.2) is 54.6 Å². The molecule has 0 radical (unpaired) electrons. The standard InChI is InChI=1S/C18H13ClF3N3O2/c19-12-8-4-5-9-13(12)27-10-14(26)23-17-15(11-6-2-1-3-7-11)16(24-25-17)18(20,21)22/h1-9H,10H2,(H2,23,24,25,26). The Balaban J connectivity index is 1.81. The summed E-state index contributed by atoms with van der Waals surface area (Å²) >= 11 is 5.93. The first-order valence-corrected chi connectivity index (χ1v) is 8.12. The number of para-hydroxylation sites is 1. The number of amides is 1. The lowest BCUT2D eigenvalue weighted by atomic mass is 10.1. The molecule has 0 aliphatic heterocycles. The SMILES string of the molecule is O=C(COc1ccccc1Cl)Nc1n[nH]c(C(F)(F)F)c1-c1ccccc1. The Kier molecular flexibility index (Phi) is 5.36. The van der Waals surface area contributed by atoms with Gasteiger partial charge in [-0.2, -0.15) is 18.3 Å². The molecule has 0 saturated heterocycles. The summed E-state index contributed by atoms with van der Waals surface area (Å²) in [7, 11) is 0. The molecule has 0 aliphatic carbocycles. The lowest BCUT2D eigenvalue weighted by molar-refractivity contribution is -0.140. The number of carbonyl (C=O) groups is 1. The monoisotopic (exact) mass is 395 g/mol. The molecule has 3 aromatic rings. The number of anilines is 1. The molecule has 5 nitrogen and oxygen atoms in total. The van der Waals surface area contributed by atoms with Gasteiger partial charge in [0.15, 0.2) is 12.4 Å². The van der Waals surface area contributed by atoms with E-state index in [1.54, 1.807) is 42.5 Å². The normalized spacial score (nSPS) is 11.3. The lowest BCUT2D eigenvalue weighted by Gasteiger charge is -2.10. The molecular weight excluding hydrogens is 383 g/mol. The maximum atomic E-state index is 13.3. The average Bonchev–Trinajstić information content (AvgIpc) is 3.05. The minimum absolute atomic E-state index is 0.235. The molecule has 1 heterocycles. The van der Waals surface area contributed by atoms with Crippen LogP contribution >= 0.6 is 11.6 Å². The van der Waals surface area contributed by atoms with E-state index in [2.05, 4.69) is 10.4 Å². The Morgan fingerprint density at radius 3 is 2.44 bits per heavy atom. The van der Waals surface area contributed by atoms with Crippen molar-refractivity contribution in [3.63, 3.8) is 0 Å². The average molecular weight is 396 g/mol. The molecule has 2 N–H and O–H groups in total. The number of H-pyrrole nitrogens is 1. The minimum atomic E-state index is -4.66. The van der Waals surface area contributed by atoms with Crippen LogP contribution in [0, 0.1) is 0 Å². The molecule has 0 fully saturated rings. The second-order valence-corrected chi connectivity index (χ2v) is 5.86. The summed E-state index contributed by atoms with van der Waals surface area (Å²) in [4.78, 5) is 12.1. The number of hydrogen-bond donors (Lipinski definition) is 2. The maximum absolute atomic E-state index is 13.3. The Bertz CT molecular complexity index is 943. The van der Waals surface area contributed by atoms with Gasteiger partial charge in [-0.1, -0.05) is 54.1 Å². The van der Waals surface area contributed by atoms with Crippen LogP contribution in [0.2, 0.25) is 5.02 Å². The molecular formula is C18H13ClF3N3O2. The first-order valence-electron chi connectivity index (χ1n) is 7.74.